The molecular formula is C17H31ClN4O2. The van der Waals surface area contributed by atoms with Crippen molar-refractivity contribution >= 4 is 24.3 Å². The van der Waals surface area contributed by atoms with Crippen LogP contribution in [-0.4, -0.2) is 71.9 Å². The van der Waals surface area contributed by atoms with Crippen LogP contribution < -0.4 is 5.73 Å². The molecule has 3 heterocycles. The van der Waals surface area contributed by atoms with Crippen LogP contribution in [0, 0.1) is 11.8 Å². The lowest BCUT2D eigenvalue weighted by Crippen LogP contribution is -2.48. The van der Waals surface area contributed by atoms with Gasteiger partial charge in [-0.15, -0.1) is 12.4 Å². The number of amides is 3. The number of halogens is 1. The third-order valence-corrected chi connectivity index (χ3v) is 5.77. The molecule has 3 aliphatic heterocycles. The summed E-state index contributed by atoms with van der Waals surface area (Å²) in [6.45, 7) is 6.81. The molecular weight excluding hydrogens is 328 g/mol. The Morgan fingerprint density at radius 3 is 2.17 bits per heavy atom. The normalized spacial score (nSPS) is 28.2. The Bertz CT molecular complexity index is 448. The molecule has 24 heavy (non-hydrogen) atoms. The fraction of sp³-hybridized carbons (Fsp3) is 0.882. The maximum Gasteiger partial charge on any atom is 0.319 e. The third kappa shape index (κ3) is 3.97. The quantitative estimate of drug-likeness (QED) is 0.813. The van der Waals surface area contributed by atoms with Crippen molar-refractivity contribution in [2.45, 2.75) is 45.1 Å². The van der Waals surface area contributed by atoms with Gasteiger partial charge < -0.3 is 20.4 Å². The minimum absolute atomic E-state index is 0. The highest BCUT2D eigenvalue weighted by atomic mass is 35.5. The van der Waals surface area contributed by atoms with Gasteiger partial charge in [0, 0.05) is 44.7 Å². The molecule has 0 saturated carbocycles. The third-order valence-electron chi connectivity index (χ3n) is 5.77. The van der Waals surface area contributed by atoms with E-state index in [-0.39, 0.29) is 30.3 Å². The second-order valence-electron chi connectivity index (χ2n) is 7.42. The number of likely N-dealkylation sites (tertiary alicyclic amines) is 3. The number of nitrogens with two attached hydrogens (primary N) is 1. The van der Waals surface area contributed by atoms with Crippen LogP contribution in [0.4, 0.5) is 4.79 Å². The minimum atomic E-state index is 0. The van der Waals surface area contributed by atoms with Crippen molar-refractivity contribution in [1.82, 2.24) is 14.7 Å². The maximum absolute atomic E-state index is 12.8. The monoisotopic (exact) mass is 358 g/mol. The SMILES string of the molecule is CC1CC(CN)CN1C(=O)C1CCN(C(=O)N2CCCC2)CC1.Cl. The van der Waals surface area contributed by atoms with Gasteiger partial charge in [0.15, 0.2) is 0 Å². The molecule has 3 amide bonds. The lowest BCUT2D eigenvalue weighted by molar-refractivity contribution is -0.137. The molecule has 0 aliphatic carbocycles. The summed E-state index contributed by atoms with van der Waals surface area (Å²) in [5.41, 5.74) is 5.76. The van der Waals surface area contributed by atoms with E-state index in [0.29, 0.717) is 31.6 Å². The zero-order valence-corrected chi connectivity index (χ0v) is 15.5. The van der Waals surface area contributed by atoms with Crippen molar-refractivity contribution < 1.29 is 9.59 Å². The van der Waals surface area contributed by atoms with E-state index in [1.54, 1.807) is 0 Å². The van der Waals surface area contributed by atoms with Crippen molar-refractivity contribution in [3.8, 4) is 0 Å². The van der Waals surface area contributed by atoms with Gasteiger partial charge >= 0.3 is 6.03 Å². The van der Waals surface area contributed by atoms with Gasteiger partial charge in [-0.3, -0.25) is 4.79 Å². The summed E-state index contributed by atoms with van der Waals surface area (Å²) in [4.78, 5) is 31.1. The average molecular weight is 359 g/mol. The second-order valence-corrected chi connectivity index (χ2v) is 7.42. The number of hydrogen-bond donors (Lipinski definition) is 1. The molecule has 0 aromatic heterocycles. The van der Waals surface area contributed by atoms with Crippen molar-refractivity contribution in [3.05, 3.63) is 0 Å². The first kappa shape index (κ1) is 19.3. The molecule has 2 unspecified atom stereocenters. The predicted molar refractivity (Wildman–Crippen MR) is 96.1 cm³/mol. The standard InChI is InChI=1S/C17H30N4O2.ClH/c1-13-10-14(11-18)12-21(13)16(22)15-4-8-20(9-5-15)17(23)19-6-2-3-7-19;/h13-15H,2-12,18H2,1H3;1H. The molecule has 2 atom stereocenters. The van der Waals surface area contributed by atoms with Crippen LogP contribution in [0.15, 0.2) is 0 Å². The Balaban J connectivity index is 0.00000208. The van der Waals surface area contributed by atoms with Gasteiger partial charge in [0.1, 0.15) is 0 Å². The summed E-state index contributed by atoms with van der Waals surface area (Å²) in [6, 6.07) is 0.478. The Morgan fingerprint density at radius 1 is 1.04 bits per heavy atom. The van der Waals surface area contributed by atoms with Gasteiger partial charge in [-0.2, -0.15) is 0 Å². The summed E-state index contributed by atoms with van der Waals surface area (Å²) in [7, 11) is 0. The van der Waals surface area contributed by atoms with Crippen LogP contribution in [0.1, 0.15) is 39.0 Å². The molecule has 7 heteroatoms. The van der Waals surface area contributed by atoms with E-state index in [1.807, 2.05) is 14.7 Å². The first-order chi connectivity index (χ1) is 11.1. The highest BCUT2D eigenvalue weighted by Crippen LogP contribution is 2.28. The largest absolute Gasteiger partial charge is 0.339 e. The zero-order valence-electron chi connectivity index (χ0n) is 14.7. The van der Waals surface area contributed by atoms with Crippen LogP contribution in [0.3, 0.4) is 0 Å². The molecule has 3 aliphatic rings. The molecule has 0 spiro atoms. The summed E-state index contributed by atoms with van der Waals surface area (Å²) >= 11 is 0. The number of piperidine rings is 1. The molecule has 0 aromatic rings. The zero-order chi connectivity index (χ0) is 16.4. The van der Waals surface area contributed by atoms with Crippen LogP contribution in [0.5, 0.6) is 0 Å². The highest BCUT2D eigenvalue weighted by molar-refractivity contribution is 5.85. The minimum Gasteiger partial charge on any atom is -0.339 e. The molecule has 138 valence electrons. The van der Waals surface area contributed by atoms with Crippen molar-refractivity contribution in [2.75, 3.05) is 39.3 Å². The van der Waals surface area contributed by atoms with E-state index in [9.17, 15) is 9.59 Å². The fourth-order valence-corrected chi connectivity index (χ4v) is 4.28. The first-order valence-electron chi connectivity index (χ1n) is 9.14. The van der Waals surface area contributed by atoms with Crippen molar-refractivity contribution in [3.63, 3.8) is 0 Å². The van der Waals surface area contributed by atoms with Crippen LogP contribution in [0.25, 0.3) is 0 Å². The number of hydrogen-bond acceptors (Lipinski definition) is 3. The van der Waals surface area contributed by atoms with Gasteiger partial charge in [-0.05, 0) is 51.5 Å². The molecule has 3 saturated heterocycles. The van der Waals surface area contributed by atoms with Gasteiger partial charge in [0.2, 0.25) is 5.91 Å². The summed E-state index contributed by atoms with van der Waals surface area (Å²) in [5.74, 6) is 0.809. The summed E-state index contributed by atoms with van der Waals surface area (Å²) in [6.07, 6.45) is 4.87. The topological polar surface area (TPSA) is 69.9 Å². The fourth-order valence-electron chi connectivity index (χ4n) is 4.28. The number of carbonyl (C=O) groups is 2. The van der Waals surface area contributed by atoms with E-state index in [1.165, 1.54) is 0 Å². The molecule has 2 N–H and O–H groups in total. The van der Waals surface area contributed by atoms with Crippen molar-refractivity contribution in [2.24, 2.45) is 17.6 Å². The lowest BCUT2D eigenvalue weighted by atomic mass is 9.95. The van der Waals surface area contributed by atoms with E-state index in [2.05, 4.69) is 6.92 Å². The Morgan fingerprint density at radius 2 is 1.62 bits per heavy atom. The summed E-state index contributed by atoms with van der Waals surface area (Å²) in [5, 5.41) is 0. The second kappa shape index (κ2) is 8.39. The molecule has 3 fully saturated rings. The molecule has 6 nitrogen and oxygen atoms in total. The van der Waals surface area contributed by atoms with E-state index in [4.69, 9.17) is 5.73 Å². The van der Waals surface area contributed by atoms with E-state index >= 15 is 0 Å². The predicted octanol–water partition coefficient (Wildman–Crippen LogP) is 1.53. The summed E-state index contributed by atoms with van der Waals surface area (Å²) < 4.78 is 0. The molecule has 0 aromatic carbocycles. The van der Waals surface area contributed by atoms with Crippen LogP contribution in [-0.2, 0) is 4.79 Å². The average Bonchev–Trinajstić information content (AvgIpc) is 3.23. The Hall–Kier alpha value is -1.01. The van der Waals surface area contributed by atoms with Gasteiger partial charge in [0.25, 0.3) is 0 Å². The number of urea groups is 1. The lowest BCUT2D eigenvalue weighted by Gasteiger charge is -2.36. The number of carbonyl (C=O) groups excluding carboxylic acids is 2. The van der Waals surface area contributed by atoms with Crippen LogP contribution >= 0.6 is 12.4 Å². The smallest absolute Gasteiger partial charge is 0.319 e. The van der Waals surface area contributed by atoms with E-state index < -0.39 is 0 Å². The highest BCUT2D eigenvalue weighted by Gasteiger charge is 2.37. The van der Waals surface area contributed by atoms with Gasteiger partial charge in [0.05, 0.1) is 0 Å². The number of nitrogens with zero attached hydrogens (tertiary/aromatic N) is 3. The first-order valence-corrected chi connectivity index (χ1v) is 9.14. The molecule has 0 radical (unpaired) electrons. The number of rotatable bonds is 2. The molecule has 3 rings (SSSR count). The van der Waals surface area contributed by atoms with Gasteiger partial charge in [-0.25, -0.2) is 4.79 Å². The van der Waals surface area contributed by atoms with Gasteiger partial charge in [-0.1, -0.05) is 0 Å². The van der Waals surface area contributed by atoms with Crippen molar-refractivity contribution in [1.29, 1.82) is 0 Å². The maximum atomic E-state index is 12.8. The Labute approximate surface area is 151 Å². The van der Waals surface area contributed by atoms with Crippen LogP contribution in [0.2, 0.25) is 0 Å². The molecule has 0 bridgehead atoms. The Kier molecular flexibility index (Phi) is 6.75. The van der Waals surface area contributed by atoms with E-state index in [0.717, 1.165) is 51.7 Å².